The van der Waals surface area contributed by atoms with E-state index in [4.69, 9.17) is 21.1 Å². The van der Waals surface area contributed by atoms with Crippen LogP contribution in [-0.2, 0) is 13.1 Å². The third-order valence-corrected chi connectivity index (χ3v) is 5.46. The first-order valence-electron chi connectivity index (χ1n) is 9.31. The number of nitro benzene ring substituents is 1. The van der Waals surface area contributed by atoms with Gasteiger partial charge in [0.25, 0.3) is 5.69 Å². The molecule has 1 heterocycles. The maximum Gasteiger partial charge on any atom is 0.282 e. The van der Waals surface area contributed by atoms with Crippen LogP contribution >= 0.6 is 11.6 Å². The smallest absolute Gasteiger partial charge is 0.282 e. The van der Waals surface area contributed by atoms with Crippen LogP contribution in [0.1, 0.15) is 11.1 Å². The van der Waals surface area contributed by atoms with Crippen molar-refractivity contribution in [2.45, 2.75) is 13.1 Å². The van der Waals surface area contributed by atoms with Crippen molar-refractivity contribution in [2.75, 3.05) is 40.4 Å². The predicted molar refractivity (Wildman–Crippen MR) is 106 cm³/mol. The molecule has 3 rings (SSSR count). The number of benzene rings is 2. The third-order valence-electron chi connectivity index (χ3n) is 5.23. The SMILES string of the molecule is COc1cc(C[NH+]2CC[NH+](Cc3cccc(Cl)c3)CC2)c([N+](=O)[O-])cc1OC. The number of rotatable bonds is 7. The Morgan fingerprint density at radius 3 is 2.18 bits per heavy atom. The number of nitro groups is 1. The van der Waals surface area contributed by atoms with Crippen LogP contribution in [-0.4, -0.2) is 45.3 Å². The number of hydrogen-bond acceptors (Lipinski definition) is 4. The second-order valence-electron chi connectivity index (χ2n) is 7.08. The molecule has 2 N–H and O–H groups in total. The molecule has 1 saturated heterocycles. The Hall–Kier alpha value is -2.35. The fourth-order valence-electron chi connectivity index (χ4n) is 3.74. The van der Waals surface area contributed by atoms with Crippen LogP contribution in [0.25, 0.3) is 0 Å². The number of quaternary nitrogens is 2. The zero-order chi connectivity index (χ0) is 20.1. The Morgan fingerprint density at radius 1 is 1.00 bits per heavy atom. The van der Waals surface area contributed by atoms with Gasteiger partial charge in [-0.2, -0.15) is 0 Å². The van der Waals surface area contributed by atoms with Crippen molar-refractivity contribution < 1.29 is 24.2 Å². The number of ether oxygens (including phenoxy) is 2. The van der Waals surface area contributed by atoms with Crippen molar-refractivity contribution in [3.8, 4) is 11.5 Å². The van der Waals surface area contributed by atoms with Crippen LogP contribution in [0, 0.1) is 10.1 Å². The van der Waals surface area contributed by atoms with E-state index >= 15 is 0 Å². The highest BCUT2D eigenvalue weighted by Crippen LogP contribution is 2.34. The van der Waals surface area contributed by atoms with Crippen molar-refractivity contribution in [1.82, 2.24) is 0 Å². The number of hydrogen-bond donors (Lipinski definition) is 2. The van der Waals surface area contributed by atoms with E-state index in [2.05, 4.69) is 6.07 Å². The van der Waals surface area contributed by atoms with Gasteiger partial charge in [-0.15, -0.1) is 0 Å². The lowest BCUT2D eigenvalue weighted by atomic mass is 10.1. The molecule has 28 heavy (non-hydrogen) atoms. The standard InChI is InChI=1S/C20H24ClN3O4/c1-27-19-11-16(18(24(25)26)12-20(19)28-2)14-23-8-6-22(7-9-23)13-15-4-3-5-17(21)10-15/h3-5,10-12H,6-9,13-14H2,1-2H3/p+2. The molecule has 0 unspecified atom stereocenters. The van der Waals surface area contributed by atoms with E-state index in [0.29, 0.717) is 23.6 Å². The van der Waals surface area contributed by atoms with Crippen molar-refractivity contribution in [3.05, 3.63) is 62.7 Å². The van der Waals surface area contributed by atoms with E-state index in [9.17, 15) is 10.1 Å². The summed E-state index contributed by atoms with van der Waals surface area (Å²) in [6, 6.07) is 11.2. The monoisotopic (exact) mass is 407 g/mol. The molecule has 2 aromatic rings. The first-order chi connectivity index (χ1) is 13.5. The first kappa shape index (κ1) is 20.4. The van der Waals surface area contributed by atoms with Crippen LogP contribution in [0.2, 0.25) is 5.02 Å². The van der Waals surface area contributed by atoms with Crippen LogP contribution in [0.5, 0.6) is 11.5 Å². The summed E-state index contributed by atoms with van der Waals surface area (Å²) in [5.74, 6) is 0.899. The minimum absolute atomic E-state index is 0.0823. The Labute approximate surface area is 169 Å². The molecule has 0 amide bonds. The van der Waals surface area contributed by atoms with Gasteiger partial charge in [-0.3, -0.25) is 10.1 Å². The lowest BCUT2D eigenvalue weighted by molar-refractivity contribution is -1.02. The van der Waals surface area contributed by atoms with Gasteiger partial charge in [0.2, 0.25) is 0 Å². The molecule has 0 atom stereocenters. The Morgan fingerprint density at radius 2 is 1.61 bits per heavy atom. The lowest BCUT2D eigenvalue weighted by Crippen LogP contribution is -3.27. The summed E-state index contributed by atoms with van der Waals surface area (Å²) in [5.41, 5.74) is 2.00. The Kier molecular flexibility index (Phi) is 6.72. The van der Waals surface area contributed by atoms with Gasteiger partial charge < -0.3 is 19.3 Å². The largest absolute Gasteiger partial charge is 0.493 e. The van der Waals surface area contributed by atoms with Gasteiger partial charge in [-0.05, 0) is 18.2 Å². The third kappa shape index (κ3) is 4.92. The summed E-state index contributed by atoms with van der Waals surface area (Å²) in [5, 5.41) is 12.3. The quantitative estimate of drug-likeness (QED) is 0.525. The van der Waals surface area contributed by atoms with Gasteiger partial charge in [-0.1, -0.05) is 23.7 Å². The highest BCUT2D eigenvalue weighted by Gasteiger charge is 2.27. The average Bonchev–Trinajstić information content (AvgIpc) is 2.69. The minimum Gasteiger partial charge on any atom is -0.493 e. The second kappa shape index (κ2) is 9.23. The van der Waals surface area contributed by atoms with Gasteiger partial charge in [0.15, 0.2) is 11.5 Å². The number of piperazine rings is 1. The molecule has 0 saturated carbocycles. The number of nitrogens with zero attached hydrogens (tertiary/aromatic N) is 1. The maximum atomic E-state index is 11.5. The number of nitrogens with one attached hydrogen (secondary N) is 2. The zero-order valence-electron chi connectivity index (χ0n) is 16.2. The van der Waals surface area contributed by atoms with Crippen LogP contribution in [0.15, 0.2) is 36.4 Å². The molecule has 150 valence electrons. The molecule has 1 aliphatic rings. The van der Waals surface area contributed by atoms with Gasteiger partial charge in [0.1, 0.15) is 39.3 Å². The summed E-state index contributed by atoms with van der Waals surface area (Å²) >= 11 is 6.08. The Balaban J connectivity index is 1.65. The average molecular weight is 408 g/mol. The molecule has 0 bridgehead atoms. The molecule has 0 aromatic heterocycles. The van der Waals surface area contributed by atoms with E-state index in [0.717, 1.165) is 37.7 Å². The van der Waals surface area contributed by atoms with Gasteiger partial charge in [0, 0.05) is 10.6 Å². The van der Waals surface area contributed by atoms with E-state index in [1.807, 2.05) is 18.2 Å². The molecule has 0 radical (unpaired) electrons. The fraction of sp³-hybridized carbons (Fsp3) is 0.400. The topological polar surface area (TPSA) is 70.5 Å². The summed E-state index contributed by atoms with van der Waals surface area (Å²) in [7, 11) is 3.02. The van der Waals surface area contributed by atoms with Crippen LogP contribution in [0.4, 0.5) is 5.69 Å². The minimum atomic E-state index is -0.350. The van der Waals surface area contributed by atoms with Crippen molar-refractivity contribution in [2.24, 2.45) is 0 Å². The summed E-state index contributed by atoms with van der Waals surface area (Å²) in [4.78, 5) is 14.0. The van der Waals surface area contributed by atoms with Gasteiger partial charge in [-0.25, -0.2) is 0 Å². The highest BCUT2D eigenvalue weighted by atomic mass is 35.5. The molecule has 2 aromatic carbocycles. The zero-order valence-corrected chi connectivity index (χ0v) is 16.9. The Bertz CT molecular complexity index is 838. The van der Waals surface area contributed by atoms with Crippen LogP contribution < -0.4 is 19.3 Å². The van der Waals surface area contributed by atoms with Gasteiger partial charge in [0.05, 0.1) is 30.8 Å². The molecule has 0 spiro atoms. The lowest BCUT2D eigenvalue weighted by Gasteiger charge is -2.29. The molecular formula is C20H26ClN3O4+2. The first-order valence-corrected chi connectivity index (χ1v) is 9.68. The highest BCUT2D eigenvalue weighted by molar-refractivity contribution is 6.30. The summed E-state index contributed by atoms with van der Waals surface area (Å²) in [6.45, 7) is 5.50. The fourth-order valence-corrected chi connectivity index (χ4v) is 3.95. The molecule has 8 heteroatoms. The molecule has 1 aliphatic heterocycles. The van der Waals surface area contributed by atoms with Crippen molar-refractivity contribution in [1.29, 1.82) is 0 Å². The summed E-state index contributed by atoms with van der Waals surface area (Å²) in [6.07, 6.45) is 0. The maximum absolute atomic E-state index is 11.5. The molecule has 1 fully saturated rings. The van der Waals surface area contributed by atoms with E-state index < -0.39 is 0 Å². The molecule has 0 aliphatic carbocycles. The van der Waals surface area contributed by atoms with E-state index in [1.165, 1.54) is 35.6 Å². The number of halogens is 1. The molecular weight excluding hydrogens is 382 g/mol. The predicted octanol–water partition coefficient (Wildman–Crippen LogP) is 0.749. The van der Waals surface area contributed by atoms with Gasteiger partial charge >= 0.3 is 0 Å². The number of methoxy groups -OCH3 is 2. The van der Waals surface area contributed by atoms with Crippen LogP contribution in [0.3, 0.4) is 0 Å². The molecule has 7 nitrogen and oxygen atoms in total. The second-order valence-corrected chi connectivity index (χ2v) is 7.51. The van der Waals surface area contributed by atoms with E-state index in [-0.39, 0.29) is 10.6 Å². The van der Waals surface area contributed by atoms with Crippen molar-refractivity contribution in [3.63, 3.8) is 0 Å². The normalized spacial score (nSPS) is 19.2. The summed E-state index contributed by atoms with van der Waals surface area (Å²) < 4.78 is 10.5. The van der Waals surface area contributed by atoms with E-state index in [1.54, 1.807) is 6.07 Å². The van der Waals surface area contributed by atoms with Crippen molar-refractivity contribution >= 4 is 17.3 Å².